The Balaban J connectivity index is 3.90. The van der Waals surface area contributed by atoms with Gasteiger partial charge in [-0.05, 0) is 20.3 Å². The molecule has 0 saturated heterocycles. The van der Waals surface area contributed by atoms with E-state index in [0.29, 0.717) is 6.54 Å². The Hall–Kier alpha value is -1.06. The maximum absolute atomic E-state index is 11.5. The minimum atomic E-state index is -1.10. The van der Waals surface area contributed by atoms with E-state index >= 15 is 0 Å². The average molecular weight is 200 g/mol. The van der Waals surface area contributed by atoms with E-state index < -0.39 is 11.3 Å². The molecule has 2 amide bonds. The molecule has 0 unspecified atom stereocenters. The van der Waals surface area contributed by atoms with Crippen molar-refractivity contribution in [3.8, 4) is 0 Å². The van der Waals surface area contributed by atoms with Crippen molar-refractivity contribution >= 4 is 11.8 Å². The van der Waals surface area contributed by atoms with E-state index in [0.717, 1.165) is 19.3 Å². The summed E-state index contributed by atoms with van der Waals surface area (Å²) in [7, 11) is 0. The predicted octanol–water partition coefficient (Wildman–Crippen LogP) is 0.804. The van der Waals surface area contributed by atoms with E-state index in [1.54, 1.807) is 0 Å². The lowest BCUT2D eigenvalue weighted by Gasteiger charge is -2.19. The lowest BCUT2D eigenvalue weighted by atomic mass is 9.91. The lowest BCUT2D eigenvalue weighted by molar-refractivity contribution is -0.139. The smallest absolute Gasteiger partial charge is 0.235 e. The highest BCUT2D eigenvalue weighted by Gasteiger charge is 2.33. The summed E-state index contributed by atoms with van der Waals surface area (Å²) >= 11 is 0. The first kappa shape index (κ1) is 12.9. The molecule has 0 radical (unpaired) electrons. The Bertz CT molecular complexity index is 212. The number of nitrogens with one attached hydrogen (secondary N) is 1. The van der Waals surface area contributed by atoms with Crippen LogP contribution in [0.5, 0.6) is 0 Å². The molecule has 0 aromatic carbocycles. The highest BCUT2D eigenvalue weighted by Crippen LogP contribution is 2.13. The minimum Gasteiger partial charge on any atom is -0.369 e. The first-order valence-electron chi connectivity index (χ1n) is 5.01. The fourth-order valence-corrected chi connectivity index (χ4v) is 0.910. The Morgan fingerprint density at radius 2 is 1.86 bits per heavy atom. The van der Waals surface area contributed by atoms with Gasteiger partial charge >= 0.3 is 0 Å². The first-order valence-corrected chi connectivity index (χ1v) is 5.01. The summed E-state index contributed by atoms with van der Waals surface area (Å²) in [6.07, 6.45) is 3.13. The number of carbonyl (C=O) groups excluding carboxylic acids is 2. The third kappa shape index (κ3) is 3.77. The molecule has 14 heavy (non-hydrogen) atoms. The Morgan fingerprint density at radius 1 is 1.29 bits per heavy atom. The van der Waals surface area contributed by atoms with E-state index in [2.05, 4.69) is 12.2 Å². The number of rotatable bonds is 6. The highest BCUT2D eigenvalue weighted by atomic mass is 16.2. The zero-order valence-electron chi connectivity index (χ0n) is 9.22. The summed E-state index contributed by atoms with van der Waals surface area (Å²) < 4.78 is 0. The van der Waals surface area contributed by atoms with Crippen molar-refractivity contribution in [2.75, 3.05) is 6.54 Å². The molecule has 0 atom stereocenters. The van der Waals surface area contributed by atoms with Gasteiger partial charge < -0.3 is 11.1 Å². The van der Waals surface area contributed by atoms with Crippen molar-refractivity contribution < 1.29 is 9.59 Å². The number of primary amides is 1. The number of carbonyl (C=O) groups is 2. The molecule has 0 bridgehead atoms. The molecule has 0 aliphatic carbocycles. The molecule has 0 spiro atoms. The highest BCUT2D eigenvalue weighted by molar-refractivity contribution is 6.03. The quantitative estimate of drug-likeness (QED) is 0.492. The van der Waals surface area contributed by atoms with Crippen molar-refractivity contribution in [2.24, 2.45) is 11.1 Å². The Morgan fingerprint density at radius 3 is 2.29 bits per heavy atom. The third-order valence-corrected chi connectivity index (χ3v) is 2.25. The first-order chi connectivity index (χ1) is 6.42. The largest absolute Gasteiger partial charge is 0.369 e. The Labute approximate surface area is 85.2 Å². The molecule has 4 nitrogen and oxygen atoms in total. The minimum absolute atomic E-state index is 0.291. The maximum Gasteiger partial charge on any atom is 0.235 e. The van der Waals surface area contributed by atoms with Crippen LogP contribution >= 0.6 is 0 Å². The molecule has 0 aliphatic rings. The molecule has 82 valence electrons. The summed E-state index contributed by atoms with van der Waals surface area (Å²) in [6, 6.07) is 0. The monoisotopic (exact) mass is 200 g/mol. The predicted molar refractivity (Wildman–Crippen MR) is 55.5 cm³/mol. The van der Waals surface area contributed by atoms with Gasteiger partial charge in [0.2, 0.25) is 11.8 Å². The van der Waals surface area contributed by atoms with Crippen LogP contribution in [0.1, 0.15) is 40.0 Å². The van der Waals surface area contributed by atoms with Crippen molar-refractivity contribution in [3.63, 3.8) is 0 Å². The van der Waals surface area contributed by atoms with Crippen LogP contribution in [0.4, 0.5) is 0 Å². The second-order valence-corrected chi connectivity index (χ2v) is 3.95. The van der Waals surface area contributed by atoms with Gasteiger partial charge in [0.1, 0.15) is 5.41 Å². The average Bonchev–Trinajstić information content (AvgIpc) is 2.11. The van der Waals surface area contributed by atoms with Crippen LogP contribution in [0, 0.1) is 5.41 Å². The molecule has 0 aromatic heterocycles. The number of hydrogen-bond acceptors (Lipinski definition) is 2. The molecular weight excluding hydrogens is 180 g/mol. The molecule has 3 N–H and O–H groups in total. The normalized spacial score (nSPS) is 11.1. The van der Waals surface area contributed by atoms with Gasteiger partial charge in [-0.1, -0.05) is 19.8 Å². The fraction of sp³-hybridized carbons (Fsp3) is 0.800. The van der Waals surface area contributed by atoms with E-state index in [-0.39, 0.29) is 5.91 Å². The van der Waals surface area contributed by atoms with E-state index in [1.807, 2.05) is 0 Å². The number of amides is 2. The van der Waals surface area contributed by atoms with Crippen molar-refractivity contribution in [1.29, 1.82) is 0 Å². The van der Waals surface area contributed by atoms with Crippen LogP contribution in [-0.4, -0.2) is 18.4 Å². The second kappa shape index (κ2) is 5.62. The van der Waals surface area contributed by atoms with Gasteiger partial charge in [0, 0.05) is 6.54 Å². The zero-order valence-corrected chi connectivity index (χ0v) is 9.22. The topological polar surface area (TPSA) is 72.2 Å². The SMILES string of the molecule is CCCCCNC(=O)C(C)(C)C(N)=O. The van der Waals surface area contributed by atoms with Crippen molar-refractivity contribution in [2.45, 2.75) is 40.0 Å². The molecular formula is C10H20N2O2. The summed E-state index contributed by atoms with van der Waals surface area (Å²) in [5.74, 6) is -0.883. The lowest BCUT2D eigenvalue weighted by Crippen LogP contribution is -2.45. The van der Waals surface area contributed by atoms with Crippen LogP contribution in [0.3, 0.4) is 0 Å². The van der Waals surface area contributed by atoms with Gasteiger partial charge in [0.15, 0.2) is 0 Å². The van der Waals surface area contributed by atoms with Crippen molar-refractivity contribution in [1.82, 2.24) is 5.32 Å². The van der Waals surface area contributed by atoms with Gasteiger partial charge in [-0.2, -0.15) is 0 Å². The fourth-order valence-electron chi connectivity index (χ4n) is 0.910. The van der Waals surface area contributed by atoms with Gasteiger partial charge in [-0.15, -0.1) is 0 Å². The van der Waals surface area contributed by atoms with Crippen LogP contribution < -0.4 is 11.1 Å². The molecule has 0 aliphatic heterocycles. The standard InChI is InChI=1S/C10H20N2O2/c1-4-5-6-7-12-9(14)10(2,3)8(11)13/h4-7H2,1-3H3,(H2,11,13)(H,12,14). The Kier molecular flexibility index (Phi) is 5.20. The van der Waals surface area contributed by atoms with Crippen LogP contribution in [0.15, 0.2) is 0 Å². The summed E-state index contributed by atoms with van der Waals surface area (Å²) in [4.78, 5) is 22.4. The molecule has 4 heteroatoms. The van der Waals surface area contributed by atoms with E-state index in [4.69, 9.17) is 5.73 Å². The molecule has 0 rings (SSSR count). The van der Waals surface area contributed by atoms with E-state index in [1.165, 1.54) is 13.8 Å². The summed E-state index contributed by atoms with van der Waals surface area (Å²) in [5, 5.41) is 2.70. The van der Waals surface area contributed by atoms with Crippen LogP contribution in [0.2, 0.25) is 0 Å². The van der Waals surface area contributed by atoms with Gasteiger partial charge in [-0.25, -0.2) is 0 Å². The third-order valence-electron chi connectivity index (χ3n) is 2.25. The zero-order chi connectivity index (χ0) is 11.2. The number of nitrogens with two attached hydrogens (primary N) is 1. The van der Waals surface area contributed by atoms with Crippen LogP contribution in [0.25, 0.3) is 0 Å². The molecule has 0 heterocycles. The molecule has 0 aromatic rings. The van der Waals surface area contributed by atoms with Gasteiger partial charge in [-0.3, -0.25) is 9.59 Å². The molecule has 0 fully saturated rings. The summed E-state index contributed by atoms with van der Waals surface area (Å²) in [5.41, 5.74) is 4.00. The summed E-state index contributed by atoms with van der Waals surface area (Å²) in [6.45, 7) is 5.77. The van der Waals surface area contributed by atoms with E-state index in [9.17, 15) is 9.59 Å². The van der Waals surface area contributed by atoms with Crippen molar-refractivity contribution in [3.05, 3.63) is 0 Å². The maximum atomic E-state index is 11.5. The number of unbranched alkanes of at least 4 members (excludes halogenated alkanes) is 2. The van der Waals surface area contributed by atoms with Gasteiger partial charge in [0.25, 0.3) is 0 Å². The number of hydrogen-bond donors (Lipinski definition) is 2. The second-order valence-electron chi connectivity index (χ2n) is 3.95. The van der Waals surface area contributed by atoms with Gasteiger partial charge in [0.05, 0.1) is 0 Å². The van der Waals surface area contributed by atoms with Crippen LogP contribution in [-0.2, 0) is 9.59 Å². The molecule has 0 saturated carbocycles.